The predicted molar refractivity (Wildman–Crippen MR) is 64.2 cm³/mol. The molecule has 1 nitrogen and oxygen atoms in total. The van der Waals surface area contributed by atoms with E-state index in [4.69, 9.17) is 11.6 Å². The zero-order chi connectivity index (χ0) is 11.3. The fraction of sp³-hybridized carbons (Fsp3) is 0.308. The Morgan fingerprint density at radius 3 is 2.67 bits per heavy atom. The Hall–Kier alpha value is -1.08. The summed E-state index contributed by atoms with van der Waals surface area (Å²) < 4.78 is 0. The lowest BCUT2D eigenvalue weighted by atomic mass is 10.0. The highest BCUT2D eigenvalue weighted by Crippen LogP contribution is 2.17. The monoisotopic (exact) mass is 222 g/mol. The molecule has 1 aromatic carbocycles. The predicted octanol–water partition coefficient (Wildman–Crippen LogP) is 3.81. The van der Waals surface area contributed by atoms with Crippen LogP contribution in [0.5, 0.6) is 0 Å². The summed E-state index contributed by atoms with van der Waals surface area (Å²) in [6.45, 7) is 5.83. The van der Waals surface area contributed by atoms with Crippen LogP contribution in [0.25, 0.3) is 0 Å². The maximum Gasteiger partial charge on any atom is 0.141 e. The van der Waals surface area contributed by atoms with E-state index in [2.05, 4.69) is 6.58 Å². The fourth-order valence-corrected chi connectivity index (χ4v) is 1.52. The van der Waals surface area contributed by atoms with Crippen molar-refractivity contribution < 1.29 is 4.79 Å². The molecule has 80 valence electrons. The molecule has 2 heteroatoms. The minimum atomic E-state index is 0.176. The number of benzene rings is 1. The van der Waals surface area contributed by atoms with E-state index in [1.807, 2.05) is 25.1 Å². The van der Waals surface area contributed by atoms with Crippen molar-refractivity contribution in [3.05, 3.63) is 47.0 Å². The number of halogens is 1. The Labute approximate surface area is 95.8 Å². The average Bonchev–Trinajstić information content (AvgIpc) is 2.21. The van der Waals surface area contributed by atoms with Gasteiger partial charge in [0, 0.05) is 17.9 Å². The molecule has 0 aliphatic rings. The fourth-order valence-electron chi connectivity index (χ4n) is 1.32. The maximum absolute atomic E-state index is 11.6. The SMILES string of the molecule is C=C(CC)CC(=O)Cc1ccccc1Cl. The van der Waals surface area contributed by atoms with Gasteiger partial charge >= 0.3 is 0 Å². The highest BCUT2D eigenvalue weighted by atomic mass is 35.5. The number of rotatable bonds is 5. The molecular formula is C13H15ClO. The molecule has 0 heterocycles. The molecule has 0 radical (unpaired) electrons. The molecule has 0 amide bonds. The van der Waals surface area contributed by atoms with Gasteiger partial charge in [-0.05, 0) is 18.1 Å². The number of Topliss-reactive ketones (excluding diaryl/α,β-unsaturated/α-hetero) is 1. The molecule has 0 saturated heterocycles. The summed E-state index contributed by atoms with van der Waals surface area (Å²) in [6.07, 6.45) is 1.72. The summed E-state index contributed by atoms with van der Waals surface area (Å²) in [5.74, 6) is 0.176. The third-order valence-electron chi connectivity index (χ3n) is 2.29. The van der Waals surface area contributed by atoms with E-state index in [-0.39, 0.29) is 5.78 Å². The molecule has 0 spiro atoms. The van der Waals surface area contributed by atoms with Gasteiger partial charge < -0.3 is 0 Å². The van der Waals surface area contributed by atoms with Crippen molar-refractivity contribution in [2.75, 3.05) is 0 Å². The van der Waals surface area contributed by atoms with Gasteiger partial charge in [0.25, 0.3) is 0 Å². The molecule has 15 heavy (non-hydrogen) atoms. The Kier molecular flexibility index (Phi) is 4.57. The van der Waals surface area contributed by atoms with Gasteiger partial charge in [-0.2, -0.15) is 0 Å². The Balaban J connectivity index is 2.59. The summed E-state index contributed by atoms with van der Waals surface area (Å²) in [5.41, 5.74) is 1.88. The molecule has 0 unspecified atom stereocenters. The van der Waals surface area contributed by atoms with Crippen LogP contribution in [0.4, 0.5) is 0 Å². The van der Waals surface area contributed by atoms with Gasteiger partial charge in [-0.15, -0.1) is 0 Å². The molecule has 1 aromatic rings. The average molecular weight is 223 g/mol. The van der Waals surface area contributed by atoms with Crippen molar-refractivity contribution >= 4 is 17.4 Å². The van der Waals surface area contributed by atoms with Gasteiger partial charge in [-0.25, -0.2) is 0 Å². The molecule has 0 atom stereocenters. The number of carbonyl (C=O) groups is 1. The van der Waals surface area contributed by atoms with Crippen LogP contribution in [0.2, 0.25) is 5.02 Å². The first-order valence-corrected chi connectivity index (χ1v) is 5.43. The number of hydrogen-bond donors (Lipinski definition) is 0. The minimum absolute atomic E-state index is 0.176. The second kappa shape index (κ2) is 5.72. The molecule has 0 aromatic heterocycles. The van der Waals surface area contributed by atoms with Gasteiger partial charge in [-0.3, -0.25) is 4.79 Å². The first-order chi connectivity index (χ1) is 7.13. The highest BCUT2D eigenvalue weighted by molar-refractivity contribution is 6.31. The summed E-state index contributed by atoms with van der Waals surface area (Å²) >= 11 is 5.96. The van der Waals surface area contributed by atoms with Gasteiger partial charge in [0.15, 0.2) is 0 Å². The Morgan fingerprint density at radius 2 is 2.07 bits per heavy atom. The normalized spacial score (nSPS) is 10.0. The molecule has 0 fully saturated rings. The lowest BCUT2D eigenvalue weighted by molar-refractivity contribution is -0.117. The molecule has 0 N–H and O–H groups in total. The van der Waals surface area contributed by atoms with Gasteiger partial charge in [0.1, 0.15) is 5.78 Å². The Morgan fingerprint density at radius 1 is 1.40 bits per heavy atom. The van der Waals surface area contributed by atoms with Crippen LogP contribution in [0.1, 0.15) is 25.3 Å². The first kappa shape index (κ1) is 12.0. The molecule has 0 aliphatic heterocycles. The molecular weight excluding hydrogens is 208 g/mol. The van der Waals surface area contributed by atoms with Crippen LogP contribution in [0.15, 0.2) is 36.4 Å². The lowest BCUT2D eigenvalue weighted by Crippen LogP contribution is -2.03. The van der Waals surface area contributed by atoms with E-state index in [1.54, 1.807) is 6.07 Å². The van der Waals surface area contributed by atoms with Gasteiger partial charge in [-0.1, -0.05) is 48.9 Å². The zero-order valence-electron chi connectivity index (χ0n) is 8.92. The number of ketones is 1. The largest absolute Gasteiger partial charge is 0.299 e. The first-order valence-electron chi connectivity index (χ1n) is 5.05. The van der Waals surface area contributed by atoms with Crippen molar-refractivity contribution in [2.24, 2.45) is 0 Å². The minimum Gasteiger partial charge on any atom is -0.299 e. The molecule has 0 bridgehead atoms. The van der Waals surface area contributed by atoms with Crippen molar-refractivity contribution in [3.63, 3.8) is 0 Å². The lowest BCUT2D eigenvalue weighted by Gasteiger charge is -2.04. The third kappa shape index (κ3) is 3.88. The summed E-state index contributed by atoms with van der Waals surface area (Å²) in [5, 5.41) is 0.660. The van der Waals surface area contributed by atoms with Crippen molar-refractivity contribution in [2.45, 2.75) is 26.2 Å². The highest BCUT2D eigenvalue weighted by Gasteiger charge is 2.07. The second-order valence-electron chi connectivity index (χ2n) is 3.59. The molecule has 1 rings (SSSR count). The van der Waals surface area contributed by atoms with Crippen molar-refractivity contribution in [3.8, 4) is 0 Å². The quantitative estimate of drug-likeness (QED) is 0.693. The molecule has 0 saturated carbocycles. The van der Waals surface area contributed by atoms with Crippen LogP contribution in [-0.2, 0) is 11.2 Å². The van der Waals surface area contributed by atoms with Crippen LogP contribution in [0, 0.1) is 0 Å². The standard InChI is InChI=1S/C13H15ClO/c1-3-10(2)8-12(15)9-11-6-4-5-7-13(11)14/h4-7H,2-3,8-9H2,1H3. The van der Waals surface area contributed by atoms with Crippen LogP contribution in [0.3, 0.4) is 0 Å². The van der Waals surface area contributed by atoms with E-state index < -0.39 is 0 Å². The van der Waals surface area contributed by atoms with E-state index in [1.165, 1.54) is 0 Å². The number of allylic oxidation sites excluding steroid dienone is 1. The van der Waals surface area contributed by atoms with Crippen molar-refractivity contribution in [1.82, 2.24) is 0 Å². The number of hydrogen-bond acceptors (Lipinski definition) is 1. The van der Waals surface area contributed by atoms with Crippen LogP contribution in [-0.4, -0.2) is 5.78 Å². The van der Waals surface area contributed by atoms with Crippen molar-refractivity contribution in [1.29, 1.82) is 0 Å². The van der Waals surface area contributed by atoms with E-state index in [0.29, 0.717) is 17.9 Å². The van der Waals surface area contributed by atoms with Crippen LogP contribution >= 0.6 is 11.6 Å². The van der Waals surface area contributed by atoms with E-state index in [9.17, 15) is 4.79 Å². The van der Waals surface area contributed by atoms with Gasteiger partial charge in [0.2, 0.25) is 0 Å². The summed E-state index contributed by atoms with van der Waals surface area (Å²) in [4.78, 5) is 11.6. The number of carbonyl (C=O) groups excluding carboxylic acids is 1. The zero-order valence-corrected chi connectivity index (χ0v) is 9.68. The van der Waals surface area contributed by atoms with E-state index >= 15 is 0 Å². The topological polar surface area (TPSA) is 17.1 Å². The van der Waals surface area contributed by atoms with Crippen LogP contribution < -0.4 is 0 Å². The maximum atomic E-state index is 11.6. The van der Waals surface area contributed by atoms with E-state index in [0.717, 1.165) is 17.6 Å². The summed E-state index contributed by atoms with van der Waals surface area (Å²) in [6, 6.07) is 7.44. The third-order valence-corrected chi connectivity index (χ3v) is 2.66. The summed E-state index contributed by atoms with van der Waals surface area (Å²) in [7, 11) is 0. The smallest absolute Gasteiger partial charge is 0.141 e. The molecule has 0 aliphatic carbocycles. The van der Waals surface area contributed by atoms with Gasteiger partial charge in [0.05, 0.1) is 0 Å². The Bertz CT molecular complexity index is 369. The second-order valence-corrected chi connectivity index (χ2v) is 3.99.